The fraction of sp³-hybridized carbons (Fsp3) is 0.579. The van der Waals surface area contributed by atoms with Gasteiger partial charge in [-0.2, -0.15) is 43.2 Å². The van der Waals surface area contributed by atoms with Crippen molar-refractivity contribution in [2.75, 3.05) is 6.61 Å². The quantitative estimate of drug-likeness (QED) is 0.109. The molecule has 0 aliphatic carbocycles. The average Bonchev–Trinajstić information content (AvgIpc) is 2.79. The Morgan fingerprint density at radius 2 is 1.51 bits per heavy atom. The number of hydrogen-bond acceptors (Lipinski definition) is 9. The highest BCUT2D eigenvalue weighted by Crippen LogP contribution is 2.50. The largest absolute Gasteiger partial charge is 0.462 e. The third kappa shape index (κ3) is 6.91. The van der Waals surface area contributed by atoms with Crippen molar-refractivity contribution in [1.29, 1.82) is 0 Å². The maximum atomic E-state index is 13.8. The minimum absolute atomic E-state index is 0.163. The predicted molar refractivity (Wildman–Crippen MR) is 114 cm³/mol. The molecule has 1 aromatic carbocycles. The van der Waals surface area contributed by atoms with E-state index in [9.17, 15) is 52.8 Å². The Labute approximate surface area is 208 Å². The molecule has 1 aromatic rings. The second kappa shape index (κ2) is 11.5. The van der Waals surface area contributed by atoms with Gasteiger partial charge in [0, 0.05) is 5.92 Å². The molecule has 0 fully saturated rings. The summed E-state index contributed by atoms with van der Waals surface area (Å²) in [4.78, 5) is 23.9. The summed E-state index contributed by atoms with van der Waals surface area (Å²) in [5, 5.41) is -13.7. The first-order valence-electron chi connectivity index (χ1n) is 10.2. The van der Waals surface area contributed by atoms with Gasteiger partial charge in [-0.15, -0.1) is 0 Å². The molecule has 10 nitrogen and oxygen atoms in total. The van der Waals surface area contributed by atoms with Crippen molar-refractivity contribution in [3.63, 3.8) is 0 Å². The summed E-state index contributed by atoms with van der Waals surface area (Å²) >= 11 is 0. The number of esters is 1. The first kappa shape index (κ1) is 32.6. The standard InChI is InChI=1S/C19H23F6NO9S2/c1-3-11(2)15(27)14(26)5-4-10-34-16(28)12-6-8-13(9-7-12)35-37(32,33)19(24,25)17(20,21)18(22,23)36(29,30)31/h6-9,11,14H,3-5,10,26H2,1-2H3,(H,29,30,31). The van der Waals surface area contributed by atoms with Crippen LogP contribution in [0.1, 0.15) is 43.5 Å². The summed E-state index contributed by atoms with van der Waals surface area (Å²) in [7, 11) is -14.2. The Bertz CT molecular complexity index is 1190. The van der Waals surface area contributed by atoms with Gasteiger partial charge in [0.05, 0.1) is 18.2 Å². The molecule has 0 radical (unpaired) electrons. The highest BCUT2D eigenvalue weighted by molar-refractivity contribution is 7.88. The Morgan fingerprint density at radius 3 is 1.97 bits per heavy atom. The van der Waals surface area contributed by atoms with Crippen LogP contribution >= 0.6 is 0 Å². The van der Waals surface area contributed by atoms with Crippen LogP contribution in [0.5, 0.6) is 5.75 Å². The van der Waals surface area contributed by atoms with Gasteiger partial charge in [0.1, 0.15) is 5.75 Å². The maximum Gasteiger partial charge on any atom is 0.450 e. The Hall–Kier alpha value is -2.44. The normalized spacial score (nSPS) is 15.1. The van der Waals surface area contributed by atoms with Crippen molar-refractivity contribution in [1.82, 2.24) is 0 Å². The van der Waals surface area contributed by atoms with E-state index in [4.69, 9.17) is 15.0 Å². The van der Waals surface area contributed by atoms with E-state index in [2.05, 4.69) is 4.18 Å². The van der Waals surface area contributed by atoms with Crippen molar-refractivity contribution >= 4 is 32.0 Å². The zero-order valence-corrected chi connectivity index (χ0v) is 20.8. The molecular weight excluding hydrogens is 564 g/mol. The molecule has 0 heterocycles. The lowest BCUT2D eigenvalue weighted by molar-refractivity contribution is -0.247. The summed E-state index contributed by atoms with van der Waals surface area (Å²) in [5.74, 6) is -9.70. The van der Waals surface area contributed by atoms with Crippen molar-refractivity contribution in [3.8, 4) is 5.75 Å². The molecule has 0 bridgehead atoms. The summed E-state index contributed by atoms with van der Waals surface area (Å²) in [6.45, 7) is 3.34. The van der Waals surface area contributed by atoms with E-state index in [1.807, 2.05) is 6.92 Å². The van der Waals surface area contributed by atoms with E-state index in [1.54, 1.807) is 6.92 Å². The molecule has 0 aliphatic rings. The van der Waals surface area contributed by atoms with Crippen LogP contribution in [-0.2, 0) is 29.8 Å². The lowest BCUT2D eigenvalue weighted by Gasteiger charge is -2.29. The van der Waals surface area contributed by atoms with Crippen molar-refractivity contribution < 1.29 is 66.2 Å². The van der Waals surface area contributed by atoms with Crippen LogP contribution in [0.3, 0.4) is 0 Å². The van der Waals surface area contributed by atoms with Crippen LogP contribution in [0.4, 0.5) is 26.3 Å². The molecule has 212 valence electrons. The number of carbonyl (C=O) groups is 2. The Kier molecular flexibility index (Phi) is 10.2. The van der Waals surface area contributed by atoms with Crippen LogP contribution in [0.25, 0.3) is 0 Å². The number of nitrogens with two attached hydrogens (primary N) is 1. The average molecular weight is 588 g/mol. The van der Waals surface area contributed by atoms with Crippen molar-refractivity contribution in [2.45, 2.75) is 55.6 Å². The summed E-state index contributed by atoms with van der Waals surface area (Å²) in [6.07, 6.45) is 1.00. The van der Waals surface area contributed by atoms with Crippen LogP contribution in [-0.4, -0.2) is 62.2 Å². The Morgan fingerprint density at radius 1 is 1.00 bits per heavy atom. The SMILES string of the molecule is CCC(C)C(=O)C(N)CCCOC(=O)c1ccc(OS(=O)(=O)C(F)(F)C(F)(F)C(F)(F)S(=O)(=O)O)cc1. The number of rotatable bonds is 14. The van der Waals surface area contributed by atoms with Gasteiger partial charge in [0.2, 0.25) is 0 Å². The number of alkyl halides is 6. The first-order chi connectivity index (χ1) is 16.6. The Balaban J connectivity index is 2.86. The molecule has 0 saturated heterocycles. The van der Waals surface area contributed by atoms with E-state index in [1.165, 1.54) is 0 Å². The third-order valence-corrected chi connectivity index (χ3v) is 7.22. The second-order valence-electron chi connectivity index (χ2n) is 7.74. The highest BCUT2D eigenvalue weighted by Gasteiger charge is 2.83. The number of carbonyl (C=O) groups excluding carboxylic acids is 2. The highest BCUT2D eigenvalue weighted by atomic mass is 32.2. The second-order valence-corrected chi connectivity index (χ2v) is 10.8. The van der Waals surface area contributed by atoms with E-state index in [0.29, 0.717) is 18.6 Å². The van der Waals surface area contributed by atoms with Crippen LogP contribution in [0.2, 0.25) is 0 Å². The van der Waals surface area contributed by atoms with Gasteiger partial charge < -0.3 is 14.7 Å². The molecule has 3 N–H and O–H groups in total. The molecule has 1 rings (SSSR count). The van der Waals surface area contributed by atoms with Gasteiger partial charge in [-0.3, -0.25) is 9.35 Å². The van der Waals surface area contributed by atoms with Gasteiger partial charge in [-0.25, -0.2) is 4.79 Å². The molecule has 0 aliphatic heterocycles. The molecule has 2 unspecified atom stereocenters. The predicted octanol–water partition coefficient (Wildman–Crippen LogP) is 2.98. The van der Waals surface area contributed by atoms with Crippen LogP contribution in [0, 0.1) is 5.92 Å². The van der Waals surface area contributed by atoms with E-state index < -0.39 is 54.4 Å². The van der Waals surface area contributed by atoms with Crippen LogP contribution < -0.4 is 9.92 Å². The molecular formula is C19H23F6NO9S2. The summed E-state index contributed by atoms with van der Waals surface area (Å²) < 4.78 is 142. The molecule has 0 aromatic heterocycles. The van der Waals surface area contributed by atoms with Crippen LogP contribution in [0.15, 0.2) is 24.3 Å². The number of benzene rings is 1. The zero-order chi connectivity index (χ0) is 29.0. The summed E-state index contributed by atoms with van der Waals surface area (Å²) in [6, 6.07) is 1.78. The topological polar surface area (TPSA) is 167 Å². The number of halogens is 6. The van der Waals surface area contributed by atoms with Gasteiger partial charge >= 0.3 is 42.6 Å². The van der Waals surface area contributed by atoms with Crippen molar-refractivity contribution in [2.24, 2.45) is 11.7 Å². The summed E-state index contributed by atoms with van der Waals surface area (Å²) in [5.41, 5.74) is 5.46. The van der Waals surface area contributed by atoms with E-state index in [0.717, 1.165) is 12.1 Å². The lowest BCUT2D eigenvalue weighted by atomic mass is 9.95. The van der Waals surface area contributed by atoms with E-state index >= 15 is 0 Å². The minimum atomic E-state index is -7.17. The fourth-order valence-corrected chi connectivity index (χ4v) is 4.00. The number of ketones is 1. The molecule has 37 heavy (non-hydrogen) atoms. The minimum Gasteiger partial charge on any atom is -0.462 e. The first-order valence-corrected chi connectivity index (χ1v) is 13.1. The molecule has 0 spiro atoms. The monoisotopic (exact) mass is 587 g/mol. The maximum absolute atomic E-state index is 13.8. The van der Waals surface area contributed by atoms with Gasteiger partial charge in [0.15, 0.2) is 5.78 Å². The van der Waals surface area contributed by atoms with Gasteiger partial charge in [-0.1, -0.05) is 13.8 Å². The molecule has 2 atom stereocenters. The van der Waals surface area contributed by atoms with E-state index in [-0.39, 0.29) is 36.7 Å². The van der Waals surface area contributed by atoms with Crippen molar-refractivity contribution in [3.05, 3.63) is 29.8 Å². The van der Waals surface area contributed by atoms with Gasteiger partial charge in [-0.05, 0) is 43.5 Å². The number of ether oxygens (including phenoxy) is 1. The lowest BCUT2D eigenvalue weighted by Crippen LogP contribution is -2.61. The zero-order valence-electron chi connectivity index (χ0n) is 19.2. The fourth-order valence-electron chi connectivity index (χ4n) is 2.57. The number of hydrogen-bond donors (Lipinski definition) is 2. The molecule has 18 heteroatoms. The third-order valence-electron chi connectivity index (χ3n) is 5.02. The number of Topliss-reactive ketones (excluding diaryl/α,β-unsaturated/α-hetero) is 1. The molecule has 0 saturated carbocycles. The smallest absolute Gasteiger partial charge is 0.450 e. The van der Waals surface area contributed by atoms with Gasteiger partial charge in [0.25, 0.3) is 0 Å². The molecule has 0 amide bonds.